The van der Waals surface area contributed by atoms with Gasteiger partial charge in [0.2, 0.25) is 0 Å². The molecule has 100 valence electrons. The van der Waals surface area contributed by atoms with E-state index < -0.39 is 0 Å². The fourth-order valence-electron chi connectivity index (χ4n) is 1.95. The summed E-state index contributed by atoms with van der Waals surface area (Å²) >= 11 is 6.15. The Hall–Kier alpha value is -0.970. The number of aliphatic hydroxyl groups is 1. The summed E-state index contributed by atoms with van der Waals surface area (Å²) in [6.07, 6.45) is 1.94. The molecule has 0 radical (unpaired) electrons. The van der Waals surface area contributed by atoms with Gasteiger partial charge in [-0.2, -0.15) is 0 Å². The van der Waals surface area contributed by atoms with Crippen molar-refractivity contribution >= 4 is 11.6 Å². The number of rotatable bonds is 4. The van der Waals surface area contributed by atoms with Crippen molar-refractivity contribution in [3.63, 3.8) is 0 Å². The zero-order chi connectivity index (χ0) is 13.0. The van der Waals surface area contributed by atoms with E-state index in [0.29, 0.717) is 28.7 Å². The second kappa shape index (κ2) is 6.27. The van der Waals surface area contributed by atoms with Crippen LogP contribution in [0.15, 0.2) is 12.1 Å². The van der Waals surface area contributed by atoms with Crippen LogP contribution in [-0.4, -0.2) is 31.5 Å². The highest BCUT2D eigenvalue weighted by atomic mass is 35.5. The van der Waals surface area contributed by atoms with E-state index in [1.165, 1.54) is 0 Å². The van der Waals surface area contributed by atoms with Crippen LogP contribution in [0, 0.1) is 0 Å². The molecule has 0 aromatic heterocycles. The van der Waals surface area contributed by atoms with Crippen molar-refractivity contribution in [3.05, 3.63) is 22.7 Å². The lowest BCUT2D eigenvalue weighted by molar-refractivity contribution is 0.00647. The Morgan fingerprint density at radius 1 is 1.50 bits per heavy atom. The van der Waals surface area contributed by atoms with Gasteiger partial charge in [-0.15, -0.1) is 0 Å². The second-order valence-electron chi connectivity index (χ2n) is 4.22. The molecular formula is C13H17ClO4. The topological polar surface area (TPSA) is 47.9 Å². The molecular weight excluding hydrogens is 256 g/mol. The molecule has 0 saturated carbocycles. The molecule has 1 aromatic carbocycles. The Balaban J connectivity index is 2.19. The molecule has 0 aliphatic carbocycles. The SMILES string of the molecule is COc1cc(CO)cc(Cl)c1OC1CCCOC1. The molecule has 1 atom stereocenters. The minimum Gasteiger partial charge on any atom is -0.493 e. The summed E-state index contributed by atoms with van der Waals surface area (Å²) in [4.78, 5) is 0. The molecule has 1 N–H and O–H groups in total. The van der Waals surface area contributed by atoms with Gasteiger partial charge in [0.05, 0.1) is 25.3 Å². The number of benzene rings is 1. The van der Waals surface area contributed by atoms with E-state index in [0.717, 1.165) is 19.4 Å². The van der Waals surface area contributed by atoms with E-state index in [9.17, 15) is 0 Å². The van der Waals surface area contributed by atoms with Gasteiger partial charge in [-0.1, -0.05) is 11.6 Å². The highest BCUT2D eigenvalue weighted by Crippen LogP contribution is 2.37. The maximum atomic E-state index is 9.12. The van der Waals surface area contributed by atoms with Gasteiger partial charge in [-0.3, -0.25) is 0 Å². The van der Waals surface area contributed by atoms with Gasteiger partial charge >= 0.3 is 0 Å². The molecule has 1 fully saturated rings. The summed E-state index contributed by atoms with van der Waals surface area (Å²) < 4.78 is 16.5. The molecule has 1 saturated heterocycles. The zero-order valence-electron chi connectivity index (χ0n) is 10.3. The first-order valence-corrected chi connectivity index (χ1v) is 6.34. The van der Waals surface area contributed by atoms with Crippen molar-refractivity contribution in [2.45, 2.75) is 25.6 Å². The molecule has 18 heavy (non-hydrogen) atoms. The fourth-order valence-corrected chi connectivity index (χ4v) is 2.23. The average Bonchev–Trinajstić information content (AvgIpc) is 2.42. The van der Waals surface area contributed by atoms with Crippen LogP contribution in [0.5, 0.6) is 11.5 Å². The van der Waals surface area contributed by atoms with Crippen LogP contribution >= 0.6 is 11.6 Å². The van der Waals surface area contributed by atoms with Crippen molar-refractivity contribution in [3.8, 4) is 11.5 Å². The number of methoxy groups -OCH3 is 1. The molecule has 5 heteroatoms. The van der Waals surface area contributed by atoms with E-state index in [2.05, 4.69) is 0 Å². The smallest absolute Gasteiger partial charge is 0.180 e. The second-order valence-corrected chi connectivity index (χ2v) is 4.63. The lowest BCUT2D eigenvalue weighted by Crippen LogP contribution is -2.28. The van der Waals surface area contributed by atoms with E-state index >= 15 is 0 Å². The largest absolute Gasteiger partial charge is 0.493 e. The van der Waals surface area contributed by atoms with Crippen molar-refractivity contribution in [2.24, 2.45) is 0 Å². The third-order valence-electron chi connectivity index (χ3n) is 2.87. The van der Waals surface area contributed by atoms with Crippen molar-refractivity contribution in [1.82, 2.24) is 0 Å². The monoisotopic (exact) mass is 272 g/mol. The van der Waals surface area contributed by atoms with Gasteiger partial charge in [-0.05, 0) is 30.5 Å². The molecule has 0 amide bonds. The molecule has 1 aromatic rings. The van der Waals surface area contributed by atoms with Crippen LogP contribution in [0.25, 0.3) is 0 Å². The Bertz CT molecular complexity index is 402. The maximum absolute atomic E-state index is 9.12. The first-order chi connectivity index (χ1) is 8.74. The highest BCUT2D eigenvalue weighted by molar-refractivity contribution is 6.32. The number of hydrogen-bond acceptors (Lipinski definition) is 4. The van der Waals surface area contributed by atoms with Crippen LogP contribution in [0.3, 0.4) is 0 Å². The summed E-state index contributed by atoms with van der Waals surface area (Å²) in [5, 5.41) is 9.57. The lowest BCUT2D eigenvalue weighted by atomic mass is 10.1. The number of aliphatic hydroxyl groups excluding tert-OH is 1. The molecule has 1 heterocycles. The maximum Gasteiger partial charge on any atom is 0.180 e. The third kappa shape index (κ3) is 3.07. The molecule has 1 unspecified atom stereocenters. The Labute approximate surface area is 111 Å². The first-order valence-electron chi connectivity index (χ1n) is 5.96. The van der Waals surface area contributed by atoms with E-state index in [1.54, 1.807) is 19.2 Å². The Morgan fingerprint density at radius 3 is 2.94 bits per heavy atom. The van der Waals surface area contributed by atoms with Crippen molar-refractivity contribution < 1.29 is 19.3 Å². The van der Waals surface area contributed by atoms with Gasteiger partial charge in [-0.25, -0.2) is 0 Å². The minimum atomic E-state index is -0.0805. The zero-order valence-corrected chi connectivity index (χ0v) is 11.1. The van der Waals surface area contributed by atoms with Crippen molar-refractivity contribution in [1.29, 1.82) is 0 Å². The average molecular weight is 273 g/mol. The first kappa shape index (κ1) is 13.5. The predicted molar refractivity (Wildman–Crippen MR) is 68.4 cm³/mol. The normalized spacial score (nSPS) is 19.6. The molecule has 1 aliphatic rings. The van der Waals surface area contributed by atoms with Crippen LogP contribution in [0.4, 0.5) is 0 Å². The van der Waals surface area contributed by atoms with Crippen LogP contribution in [0.1, 0.15) is 18.4 Å². The Kier molecular flexibility index (Phi) is 4.69. The minimum absolute atomic E-state index is 0.00475. The van der Waals surface area contributed by atoms with Gasteiger partial charge < -0.3 is 19.3 Å². The van der Waals surface area contributed by atoms with Gasteiger partial charge in [0.15, 0.2) is 11.5 Å². The number of halogens is 1. The van der Waals surface area contributed by atoms with Gasteiger partial charge in [0, 0.05) is 6.61 Å². The summed E-state index contributed by atoms with van der Waals surface area (Å²) in [7, 11) is 1.55. The predicted octanol–water partition coefficient (Wildman–Crippen LogP) is 2.40. The number of ether oxygens (including phenoxy) is 3. The standard InChI is InChI=1S/C13H17ClO4/c1-16-12-6-9(7-15)5-11(14)13(12)18-10-3-2-4-17-8-10/h5-6,10,15H,2-4,7-8H2,1H3. The third-order valence-corrected chi connectivity index (χ3v) is 3.16. The molecule has 2 rings (SSSR count). The summed E-state index contributed by atoms with van der Waals surface area (Å²) in [6, 6.07) is 3.41. The van der Waals surface area contributed by atoms with Crippen LogP contribution in [-0.2, 0) is 11.3 Å². The molecule has 1 aliphatic heterocycles. The van der Waals surface area contributed by atoms with E-state index in [1.807, 2.05) is 0 Å². The highest BCUT2D eigenvalue weighted by Gasteiger charge is 2.20. The van der Waals surface area contributed by atoms with Crippen LogP contribution < -0.4 is 9.47 Å². The summed E-state index contributed by atoms with van der Waals surface area (Å²) in [6.45, 7) is 1.28. The quantitative estimate of drug-likeness (QED) is 0.914. The molecule has 4 nitrogen and oxygen atoms in total. The van der Waals surface area contributed by atoms with Crippen LogP contribution in [0.2, 0.25) is 5.02 Å². The van der Waals surface area contributed by atoms with Gasteiger partial charge in [0.25, 0.3) is 0 Å². The van der Waals surface area contributed by atoms with Crippen molar-refractivity contribution in [2.75, 3.05) is 20.3 Å². The summed E-state index contributed by atoms with van der Waals surface area (Å²) in [5.41, 5.74) is 0.698. The van der Waals surface area contributed by atoms with E-state index in [4.69, 9.17) is 30.9 Å². The number of hydrogen-bond donors (Lipinski definition) is 1. The molecule has 0 spiro atoms. The fraction of sp³-hybridized carbons (Fsp3) is 0.538. The van der Waals surface area contributed by atoms with Gasteiger partial charge in [0.1, 0.15) is 6.10 Å². The Morgan fingerprint density at radius 2 is 2.33 bits per heavy atom. The van der Waals surface area contributed by atoms with E-state index in [-0.39, 0.29) is 12.7 Å². The molecule has 0 bridgehead atoms. The summed E-state index contributed by atoms with van der Waals surface area (Å²) in [5.74, 6) is 1.06. The lowest BCUT2D eigenvalue weighted by Gasteiger charge is -2.25.